The molecule has 1 aromatic carbocycles. The topological polar surface area (TPSA) is 70.7 Å². The average molecular weight is 287 g/mol. The molecule has 3 aromatic rings. The maximum Gasteiger partial charge on any atom is 0.211 e. The van der Waals surface area contributed by atoms with Gasteiger partial charge in [-0.25, -0.2) is 9.97 Å². The van der Waals surface area contributed by atoms with Crippen LogP contribution in [-0.2, 0) is 4.79 Å². The number of benzene rings is 1. The average Bonchev–Trinajstić information content (AvgIpc) is 2.84. The number of carbonyl (C=O) groups excluding carboxylic acids is 1. The number of aryl methyl sites for hydroxylation is 1. The van der Waals surface area contributed by atoms with E-state index in [4.69, 9.17) is 11.6 Å². The maximum atomic E-state index is 10.5. The SMILES string of the molecule is Cc1cnc2nc(-c3cc(NC=O)ccc3Cl)[nH]c2c1. The van der Waals surface area contributed by atoms with Gasteiger partial charge in [-0.2, -0.15) is 0 Å². The van der Waals surface area contributed by atoms with E-state index in [0.29, 0.717) is 34.2 Å². The standard InChI is InChI=1S/C14H11ClN4O/c1-8-4-12-14(16-6-8)19-13(18-12)10-5-9(17-7-20)2-3-11(10)15/h2-7H,1H3,(H,17,20)(H,16,18,19). The number of amides is 1. The highest BCUT2D eigenvalue weighted by Crippen LogP contribution is 2.29. The molecule has 2 heterocycles. The van der Waals surface area contributed by atoms with Crippen LogP contribution in [0.3, 0.4) is 0 Å². The summed E-state index contributed by atoms with van der Waals surface area (Å²) in [7, 11) is 0. The Kier molecular flexibility index (Phi) is 3.12. The van der Waals surface area contributed by atoms with Crippen molar-refractivity contribution in [2.24, 2.45) is 0 Å². The van der Waals surface area contributed by atoms with Crippen LogP contribution in [0.5, 0.6) is 0 Å². The molecule has 0 aliphatic heterocycles. The summed E-state index contributed by atoms with van der Waals surface area (Å²) in [6.45, 7) is 1.97. The molecule has 0 fully saturated rings. The zero-order valence-corrected chi connectivity index (χ0v) is 11.4. The maximum absolute atomic E-state index is 10.5. The number of nitrogens with zero attached hydrogens (tertiary/aromatic N) is 2. The van der Waals surface area contributed by atoms with Crippen LogP contribution in [0, 0.1) is 6.92 Å². The Hall–Kier alpha value is -2.40. The molecule has 2 N–H and O–H groups in total. The van der Waals surface area contributed by atoms with Crippen molar-refractivity contribution < 1.29 is 4.79 Å². The molecule has 0 saturated carbocycles. The second kappa shape index (κ2) is 4.94. The van der Waals surface area contributed by atoms with Crippen LogP contribution in [0.25, 0.3) is 22.6 Å². The zero-order chi connectivity index (χ0) is 14.1. The molecular weight excluding hydrogens is 276 g/mol. The molecule has 0 unspecified atom stereocenters. The molecule has 3 rings (SSSR count). The lowest BCUT2D eigenvalue weighted by Gasteiger charge is -2.04. The fourth-order valence-corrected chi connectivity index (χ4v) is 2.20. The minimum Gasteiger partial charge on any atom is -0.337 e. The van der Waals surface area contributed by atoms with E-state index in [1.165, 1.54) is 0 Å². The third kappa shape index (κ3) is 2.23. The second-order valence-electron chi connectivity index (χ2n) is 4.43. The number of aromatic amines is 1. The van der Waals surface area contributed by atoms with Crippen molar-refractivity contribution in [1.29, 1.82) is 0 Å². The molecule has 0 bridgehead atoms. The van der Waals surface area contributed by atoms with E-state index in [0.717, 1.165) is 11.1 Å². The summed E-state index contributed by atoms with van der Waals surface area (Å²) in [5.41, 5.74) is 3.91. The van der Waals surface area contributed by atoms with Crippen molar-refractivity contribution in [2.45, 2.75) is 6.92 Å². The Morgan fingerprint density at radius 3 is 3.00 bits per heavy atom. The molecule has 5 nitrogen and oxygen atoms in total. The van der Waals surface area contributed by atoms with E-state index >= 15 is 0 Å². The predicted molar refractivity (Wildman–Crippen MR) is 78.8 cm³/mol. The van der Waals surface area contributed by atoms with Gasteiger partial charge in [0, 0.05) is 17.4 Å². The van der Waals surface area contributed by atoms with Gasteiger partial charge < -0.3 is 10.3 Å². The van der Waals surface area contributed by atoms with Crippen molar-refractivity contribution in [2.75, 3.05) is 5.32 Å². The normalized spacial score (nSPS) is 10.7. The number of aromatic nitrogens is 3. The molecule has 100 valence electrons. The highest BCUT2D eigenvalue weighted by Gasteiger charge is 2.10. The minimum absolute atomic E-state index is 0.553. The predicted octanol–water partition coefficient (Wildman–Crippen LogP) is 3.16. The fourth-order valence-electron chi connectivity index (χ4n) is 2.00. The van der Waals surface area contributed by atoms with Crippen LogP contribution in [0.15, 0.2) is 30.5 Å². The first-order chi connectivity index (χ1) is 9.67. The van der Waals surface area contributed by atoms with E-state index < -0.39 is 0 Å². The number of anilines is 1. The summed E-state index contributed by atoms with van der Waals surface area (Å²) in [6, 6.07) is 7.18. The third-order valence-electron chi connectivity index (χ3n) is 2.92. The van der Waals surface area contributed by atoms with Crippen molar-refractivity contribution in [3.05, 3.63) is 41.0 Å². The molecule has 0 aliphatic rings. The lowest BCUT2D eigenvalue weighted by atomic mass is 10.2. The lowest BCUT2D eigenvalue weighted by Crippen LogP contribution is -1.94. The van der Waals surface area contributed by atoms with Crippen molar-refractivity contribution in [1.82, 2.24) is 15.0 Å². The number of imidazole rings is 1. The third-order valence-corrected chi connectivity index (χ3v) is 3.25. The van der Waals surface area contributed by atoms with Gasteiger partial charge in [-0.3, -0.25) is 4.79 Å². The molecule has 0 radical (unpaired) electrons. The zero-order valence-electron chi connectivity index (χ0n) is 10.6. The molecule has 0 saturated heterocycles. The van der Waals surface area contributed by atoms with E-state index in [1.54, 1.807) is 24.4 Å². The van der Waals surface area contributed by atoms with Crippen molar-refractivity contribution in [3.63, 3.8) is 0 Å². The number of nitrogens with one attached hydrogen (secondary N) is 2. The Morgan fingerprint density at radius 1 is 1.35 bits per heavy atom. The van der Waals surface area contributed by atoms with Gasteiger partial charge >= 0.3 is 0 Å². The molecule has 0 atom stereocenters. The highest BCUT2D eigenvalue weighted by molar-refractivity contribution is 6.33. The molecule has 2 aromatic heterocycles. The number of halogens is 1. The summed E-state index contributed by atoms with van der Waals surface area (Å²) < 4.78 is 0. The van der Waals surface area contributed by atoms with E-state index in [2.05, 4.69) is 20.3 Å². The van der Waals surface area contributed by atoms with E-state index in [9.17, 15) is 4.79 Å². The van der Waals surface area contributed by atoms with Gasteiger partial charge in [-0.05, 0) is 36.8 Å². The molecular formula is C14H11ClN4O. The Morgan fingerprint density at radius 2 is 2.20 bits per heavy atom. The minimum atomic E-state index is 0.553. The van der Waals surface area contributed by atoms with Crippen LogP contribution >= 0.6 is 11.6 Å². The number of rotatable bonds is 3. The lowest BCUT2D eigenvalue weighted by molar-refractivity contribution is -0.105. The number of hydrogen-bond donors (Lipinski definition) is 2. The summed E-state index contributed by atoms with van der Waals surface area (Å²) >= 11 is 6.19. The van der Waals surface area contributed by atoms with Crippen molar-refractivity contribution >= 4 is 34.9 Å². The molecule has 0 spiro atoms. The molecule has 6 heteroatoms. The van der Waals surface area contributed by atoms with Crippen LogP contribution < -0.4 is 5.32 Å². The Bertz CT molecular complexity index is 797. The Balaban J connectivity index is 2.14. The summed E-state index contributed by atoms with van der Waals surface area (Å²) in [5, 5.41) is 3.14. The van der Waals surface area contributed by atoms with Crippen LogP contribution in [0.4, 0.5) is 5.69 Å². The van der Waals surface area contributed by atoms with Crippen LogP contribution in [-0.4, -0.2) is 21.4 Å². The van der Waals surface area contributed by atoms with Crippen molar-refractivity contribution in [3.8, 4) is 11.4 Å². The van der Waals surface area contributed by atoms with Crippen LogP contribution in [0.1, 0.15) is 5.56 Å². The van der Waals surface area contributed by atoms with Gasteiger partial charge in [0.25, 0.3) is 0 Å². The van der Waals surface area contributed by atoms with Gasteiger partial charge in [0.2, 0.25) is 6.41 Å². The number of pyridine rings is 1. The largest absolute Gasteiger partial charge is 0.337 e. The van der Waals surface area contributed by atoms with Gasteiger partial charge in [0.05, 0.1) is 10.5 Å². The first-order valence-electron chi connectivity index (χ1n) is 6.00. The first kappa shape index (κ1) is 12.6. The van der Waals surface area contributed by atoms with E-state index in [1.807, 2.05) is 13.0 Å². The van der Waals surface area contributed by atoms with Gasteiger partial charge in [0.1, 0.15) is 5.82 Å². The molecule has 1 amide bonds. The summed E-state index contributed by atoms with van der Waals surface area (Å²) in [5.74, 6) is 0.623. The molecule has 0 aliphatic carbocycles. The number of hydrogen-bond acceptors (Lipinski definition) is 3. The van der Waals surface area contributed by atoms with Gasteiger partial charge in [0.15, 0.2) is 5.65 Å². The Labute approximate surface area is 120 Å². The smallest absolute Gasteiger partial charge is 0.211 e. The second-order valence-corrected chi connectivity index (χ2v) is 4.83. The van der Waals surface area contributed by atoms with Gasteiger partial charge in [-0.1, -0.05) is 11.6 Å². The number of fused-ring (bicyclic) bond motifs is 1. The van der Waals surface area contributed by atoms with Crippen LogP contribution in [0.2, 0.25) is 5.02 Å². The number of H-pyrrole nitrogens is 1. The monoisotopic (exact) mass is 286 g/mol. The fraction of sp³-hybridized carbons (Fsp3) is 0.0714. The quantitative estimate of drug-likeness (QED) is 0.727. The first-order valence-corrected chi connectivity index (χ1v) is 6.37. The summed E-state index contributed by atoms with van der Waals surface area (Å²) in [6.07, 6.45) is 2.38. The molecule has 20 heavy (non-hydrogen) atoms. The van der Waals surface area contributed by atoms with E-state index in [-0.39, 0.29) is 0 Å². The summed E-state index contributed by atoms with van der Waals surface area (Å²) in [4.78, 5) is 22.4. The van der Waals surface area contributed by atoms with Gasteiger partial charge in [-0.15, -0.1) is 0 Å². The number of carbonyl (C=O) groups is 1. The highest BCUT2D eigenvalue weighted by atomic mass is 35.5.